The Bertz CT molecular complexity index is 386. The van der Waals surface area contributed by atoms with Gasteiger partial charge < -0.3 is 9.84 Å². The zero-order valence-electron chi connectivity index (χ0n) is 7.45. The minimum atomic E-state index is -0.663. The van der Waals surface area contributed by atoms with Crippen LogP contribution in [-0.2, 0) is 11.3 Å². The molecule has 0 spiro atoms. The Morgan fingerprint density at radius 3 is 2.93 bits per heavy atom. The molecule has 1 N–H and O–H groups in total. The number of aliphatic imine (C=N–C) groups is 1. The molecular formula is C9H8FNO3. The molecule has 4 nitrogen and oxygen atoms in total. The third-order valence-corrected chi connectivity index (χ3v) is 1.69. The normalized spacial score (nSPS) is 9.29. The molecule has 1 rings (SSSR count). The molecule has 0 unspecified atom stereocenters. The standard InChI is InChI=1S/C9H8FNO3/c1-14-9-7(10)3-2-6(8(9)13)4-11-5-12/h2-3,13H,4H2,1H3. The molecule has 0 bridgehead atoms. The van der Waals surface area contributed by atoms with Gasteiger partial charge in [0.2, 0.25) is 6.08 Å². The zero-order valence-corrected chi connectivity index (χ0v) is 7.45. The highest BCUT2D eigenvalue weighted by Crippen LogP contribution is 2.32. The van der Waals surface area contributed by atoms with Gasteiger partial charge in [-0.3, -0.25) is 0 Å². The summed E-state index contributed by atoms with van der Waals surface area (Å²) in [6, 6.07) is 2.46. The molecular weight excluding hydrogens is 189 g/mol. The van der Waals surface area contributed by atoms with Gasteiger partial charge >= 0.3 is 0 Å². The molecule has 0 atom stereocenters. The Morgan fingerprint density at radius 1 is 1.64 bits per heavy atom. The number of hydrogen-bond donors (Lipinski definition) is 1. The van der Waals surface area contributed by atoms with E-state index in [9.17, 15) is 14.3 Å². The summed E-state index contributed by atoms with van der Waals surface area (Å²) in [7, 11) is 1.24. The third-order valence-electron chi connectivity index (χ3n) is 1.69. The highest BCUT2D eigenvalue weighted by molar-refractivity contribution is 5.47. The molecule has 0 aromatic heterocycles. The molecule has 0 amide bonds. The number of phenolic OH excluding ortho intramolecular Hbond substituents is 1. The first-order chi connectivity index (χ1) is 6.70. The Balaban J connectivity index is 3.13. The molecule has 0 aliphatic heterocycles. The van der Waals surface area contributed by atoms with Gasteiger partial charge in [0, 0.05) is 5.56 Å². The lowest BCUT2D eigenvalue weighted by Gasteiger charge is -2.07. The predicted molar refractivity (Wildman–Crippen MR) is 46.4 cm³/mol. The number of nitrogens with zero attached hydrogens (tertiary/aromatic N) is 1. The van der Waals surface area contributed by atoms with Crippen LogP contribution in [0.15, 0.2) is 17.1 Å². The van der Waals surface area contributed by atoms with Crippen molar-refractivity contribution in [1.29, 1.82) is 0 Å². The van der Waals surface area contributed by atoms with Crippen molar-refractivity contribution in [2.75, 3.05) is 7.11 Å². The lowest BCUT2D eigenvalue weighted by Crippen LogP contribution is -1.92. The van der Waals surface area contributed by atoms with Crippen LogP contribution in [0.2, 0.25) is 0 Å². The number of rotatable bonds is 3. The van der Waals surface area contributed by atoms with Crippen LogP contribution >= 0.6 is 0 Å². The number of halogens is 1. The summed E-state index contributed by atoms with van der Waals surface area (Å²) in [5, 5.41) is 9.44. The number of ether oxygens (including phenoxy) is 1. The number of carbonyl (C=O) groups excluding carboxylic acids is 1. The second kappa shape index (κ2) is 4.39. The lowest BCUT2D eigenvalue weighted by atomic mass is 10.2. The van der Waals surface area contributed by atoms with Crippen molar-refractivity contribution >= 4 is 6.08 Å². The summed E-state index contributed by atoms with van der Waals surface area (Å²) in [6.45, 7) is -0.0496. The molecule has 0 aliphatic carbocycles. The molecule has 0 aliphatic rings. The van der Waals surface area contributed by atoms with Crippen molar-refractivity contribution < 1.29 is 19.0 Å². The minimum Gasteiger partial charge on any atom is -0.504 e. The second-order valence-corrected chi connectivity index (χ2v) is 2.50. The first-order valence-corrected chi connectivity index (χ1v) is 3.78. The summed E-state index contributed by atoms with van der Waals surface area (Å²) < 4.78 is 17.6. The minimum absolute atomic E-state index is 0.0496. The van der Waals surface area contributed by atoms with E-state index in [-0.39, 0.29) is 18.0 Å². The van der Waals surface area contributed by atoms with Gasteiger partial charge in [-0.2, -0.15) is 0 Å². The SMILES string of the molecule is COc1c(F)ccc(CN=C=O)c1O. The maximum Gasteiger partial charge on any atom is 0.235 e. The number of isocyanates is 1. The lowest BCUT2D eigenvalue weighted by molar-refractivity contribution is 0.349. The molecule has 74 valence electrons. The maximum atomic E-state index is 13.0. The van der Waals surface area contributed by atoms with Gasteiger partial charge in [0.15, 0.2) is 17.3 Å². The molecule has 0 saturated heterocycles. The van der Waals surface area contributed by atoms with Crippen LogP contribution < -0.4 is 4.74 Å². The first kappa shape index (κ1) is 10.2. The van der Waals surface area contributed by atoms with Crippen LogP contribution in [0, 0.1) is 5.82 Å². The van der Waals surface area contributed by atoms with E-state index in [0.29, 0.717) is 5.56 Å². The van der Waals surface area contributed by atoms with Gasteiger partial charge in [-0.15, -0.1) is 0 Å². The van der Waals surface area contributed by atoms with Crippen LogP contribution in [0.25, 0.3) is 0 Å². The van der Waals surface area contributed by atoms with Crippen LogP contribution in [-0.4, -0.2) is 18.3 Å². The Kier molecular flexibility index (Phi) is 3.20. The van der Waals surface area contributed by atoms with Gasteiger partial charge in [0.1, 0.15) is 0 Å². The van der Waals surface area contributed by atoms with Crippen molar-refractivity contribution in [1.82, 2.24) is 0 Å². The van der Waals surface area contributed by atoms with Crippen molar-refractivity contribution in [2.24, 2.45) is 4.99 Å². The van der Waals surface area contributed by atoms with Gasteiger partial charge in [0.05, 0.1) is 13.7 Å². The summed E-state index contributed by atoms with van der Waals surface area (Å²) in [5.74, 6) is -1.25. The first-order valence-electron chi connectivity index (χ1n) is 3.78. The van der Waals surface area contributed by atoms with Gasteiger partial charge in [0.25, 0.3) is 0 Å². The number of methoxy groups -OCH3 is 1. The van der Waals surface area contributed by atoms with Crippen LogP contribution in [0.4, 0.5) is 4.39 Å². The monoisotopic (exact) mass is 197 g/mol. The Hall–Kier alpha value is -1.87. The second-order valence-electron chi connectivity index (χ2n) is 2.50. The molecule has 1 aromatic carbocycles. The summed E-state index contributed by atoms with van der Waals surface area (Å²) in [4.78, 5) is 13.1. The Morgan fingerprint density at radius 2 is 2.36 bits per heavy atom. The van der Waals surface area contributed by atoms with E-state index < -0.39 is 5.82 Å². The quantitative estimate of drug-likeness (QED) is 0.588. The summed E-state index contributed by atoms with van der Waals surface area (Å²) >= 11 is 0. The van der Waals surface area contributed by atoms with Crippen molar-refractivity contribution in [3.05, 3.63) is 23.5 Å². The number of benzene rings is 1. The molecule has 1 aromatic rings. The third kappa shape index (κ3) is 1.89. The predicted octanol–water partition coefficient (Wildman–Crippen LogP) is 1.38. The summed E-state index contributed by atoms with van der Waals surface area (Å²) in [6.07, 6.45) is 1.32. The highest BCUT2D eigenvalue weighted by Gasteiger charge is 2.12. The van der Waals surface area contributed by atoms with Crippen LogP contribution in [0.1, 0.15) is 5.56 Å². The molecule has 5 heteroatoms. The van der Waals surface area contributed by atoms with Crippen molar-refractivity contribution in [3.63, 3.8) is 0 Å². The van der Waals surface area contributed by atoms with E-state index in [1.54, 1.807) is 0 Å². The van der Waals surface area contributed by atoms with E-state index >= 15 is 0 Å². The fourth-order valence-electron chi connectivity index (χ4n) is 1.03. The Labute approximate surface area is 79.7 Å². The molecule has 0 heterocycles. The van der Waals surface area contributed by atoms with Crippen LogP contribution in [0.5, 0.6) is 11.5 Å². The summed E-state index contributed by atoms with van der Waals surface area (Å²) in [5.41, 5.74) is 0.312. The average molecular weight is 197 g/mol. The molecule has 0 fully saturated rings. The number of hydrogen-bond acceptors (Lipinski definition) is 4. The van der Waals surface area contributed by atoms with Gasteiger partial charge in [-0.1, -0.05) is 6.07 Å². The molecule has 0 radical (unpaired) electrons. The van der Waals surface area contributed by atoms with Gasteiger partial charge in [-0.25, -0.2) is 14.2 Å². The van der Waals surface area contributed by atoms with Crippen molar-refractivity contribution in [2.45, 2.75) is 6.54 Å². The number of aromatic hydroxyl groups is 1. The fourth-order valence-corrected chi connectivity index (χ4v) is 1.03. The smallest absolute Gasteiger partial charge is 0.235 e. The number of phenols is 1. The topological polar surface area (TPSA) is 58.9 Å². The van der Waals surface area contributed by atoms with E-state index in [4.69, 9.17) is 0 Å². The van der Waals surface area contributed by atoms with E-state index in [0.717, 1.165) is 6.07 Å². The van der Waals surface area contributed by atoms with E-state index in [2.05, 4.69) is 9.73 Å². The molecule has 14 heavy (non-hydrogen) atoms. The van der Waals surface area contributed by atoms with Gasteiger partial charge in [-0.05, 0) is 6.07 Å². The zero-order chi connectivity index (χ0) is 10.6. The average Bonchev–Trinajstić information content (AvgIpc) is 2.18. The van der Waals surface area contributed by atoms with Crippen molar-refractivity contribution in [3.8, 4) is 11.5 Å². The van der Waals surface area contributed by atoms with Crippen LogP contribution in [0.3, 0.4) is 0 Å². The highest BCUT2D eigenvalue weighted by atomic mass is 19.1. The largest absolute Gasteiger partial charge is 0.504 e. The van der Waals surface area contributed by atoms with E-state index in [1.807, 2.05) is 0 Å². The fraction of sp³-hybridized carbons (Fsp3) is 0.222. The maximum absolute atomic E-state index is 13.0. The van der Waals surface area contributed by atoms with E-state index in [1.165, 1.54) is 19.3 Å². The molecule has 0 saturated carbocycles.